The van der Waals surface area contributed by atoms with Crippen molar-refractivity contribution < 1.29 is 9.16 Å². The summed E-state index contributed by atoms with van der Waals surface area (Å²) in [6.07, 6.45) is 9.01. The van der Waals surface area contributed by atoms with Crippen molar-refractivity contribution in [3.63, 3.8) is 0 Å². The van der Waals surface area contributed by atoms with Gasteiger partial charge in [-0.05, 0) is 62.6 Å². The van der Waals surface area contributed by atoms with E-state index >= 15 is 0 Å². The van der Waals surface area contributed by atoms with Gasteiger partial charge in [-0.15, -0.1) is 0 Å². The smallest absolute Gasteiger partial charge is 0.191 e. The van der Waals surface area contributed by atoms with Crippen LogP contribution in [0.15, 0.2) is 11.6 Å². The van der Waals surface area contributed by atoms with Crippen LogP contribution in [0.1, 0.15) is 73.6 Å². The molecular weight excluding hydrogens is 324 g/mol. The van der Waals surface area contributed by atoms with E-state index in [1.165, 1.54) is 37.7 Å². The molecule has 0 bridgehead atoms. The third-order valence-corrected chi connectivity index (χ3v) is 11.0. The Balaban J connectivity index is 2.83. The molecule has 1 saturated carbocycles. The fraction of sp³-hybridized carbons (Fsp3) is 0.909. The molecule has 0 saturated heterocycles. The SMILES string of the molecule is COC1CCCC(CO[Si](C)(C)C(C)(C)C)C1C(C)=CCCC(C)C. The van der Waals surface area contributed by atoms with Crippen molar-refractivity contribution >= 4 is 8.32 Å². The molecule has 1 rings (SSSR count). The van der Waals surface area contributed by atoms with Crippen LogP contribution >= 0.6 is 0 Å². The van der Waals surface area contributed by atoms with Crippen LogP contribution in [0.2, 0.25) is 18.1 Å². The van der Waals surface area contributed by atoms with Crippen LogP contribution < -0.4 is 0 Å². The summed E-state index contributed by atoms with van der Waals surface area (Å²) in [5.41, 5.74) is 1.52. The molecule has 0 heterocycles. The minimum absolute atomic E-state index is 0.278. The van der Waals surface area contributed by atoms with Gasteiger partial charge in [0.1, 0.15) is 0 Å². The minimum atomic E-state index is -1.69. The largest absolute Gasteiger partial charge is 0.417 e. The first-order valence-corrected chi connectivity index (χ1v) is 13.2. The summed E-state index contributed by atoms with van der Waals surface area (Å²) in [7, 11) is 0.199. The summed E-state index contributed by atoms with van der Waals surface area (Å²) in [6, 6.07) is 0. The Hall–Kier alpha value is -0.123. The normalized spacial score (nSPS) is 26.3. The molecule has 3 atom stereocenters. The van der Waals surface area contributed by atoms with E-state index in [1.54, 1.807) is 0 Å². The summed E-state index contributed by atoms with van der Waals surface area (Å²) in [5, 5.41) is 0.278. The molecule has 0 aromatic heterocycles. The highest BCUT2D eigenvalue weighted by Gasteiger charge is 2.40. The minimum Gasteiger partial charge on any atom is -0.417 e. The van der Waals surface area contributed by atoms with E-state index in [2.05, 4.69) is 60.7 Å². The Bertz CT molecular complexity index is 420. The third kappa shape index (κ3) is 6.84. The Morgan fingerprint density at radius 1 is 1.20 bits per heavy atom. The van der Waals surface area contributed by atoms with E-state index in [0.29, 0.717) is 17.9 Å². The van der Waals surface area contributed by atoms with Crippen LogP contribution in [-0.2, 0) is 9.16 Å². The highest BCUT2D eigenvalue weighted by molar-refractivity contribution is 6.74. The lowest BCUT2D eigenvalue weighted by Crippen LogP contribution is -2.44. The van der Waals surface area contributed by atoms with E-state index in [-0.39, 0.29) is 5.04 Å². The maximum absolute atomic E-state index is 6.61. The summed E-state index contributed by atoms with van der Waals surface area (Å²) < 4.78 is 12.5. The zero-order chi connectivity index (χ0) is 19.3. The van der Waals surface area contributed by atoms with Gasteiger partial charge in [-0.25, -0.2) is 0 Å². The molecule has 0 spiro atoms. The van der Waals surface area contributed by atoms with Gasteiger partial charge in [-0.2, -0.15) is 0 Å². The number of hydrogen-bond donors (Lipinski definition) is 0. The molecule has 0 N–H and O–H groups in total. The van der Waals surface area contributed by atoms with E-state index < -0.39 is 8.32 Å². The van der Waals surface area contributed by atoms with Crippen LogP contribution in [0.3, 0.4) is 0 Å². The average Bonchev–Trinajstić information content (AvgIpc) is 2.50. The Morgan fingerprint density at radius 2 is 1.84 bits per heavy atom. The van der Waals surface area contributed by atoms with Crippen molar-refractivity contribution in [2.75, 3.05) is 13.7 Å². The Morgan fingerprint density at radius 3 is 2.36 bits per heavy atom. The van der Waals surface area contributed by atoms with Gasteiger partial charge in [0, 0.05) is 19.6 Å². The van der Waals surface area contributed by atoms with Crippen molar-refractivity contribution in [2.24, 2.45) is 17.8 Å². The van der Waals surface area contributed by atoms with Crippen LogP contribution in [0.5, 0.6) is 0 Å². The lowest BCUT2D eigenvalue weighted by atomic mass is 9.73. The van der Waals surface area contributed by atoms with Gasteiger partial charge in [0.2, 0.25) is 0 Å². The molecule has 0 aliphatic heterocycles. The predicted octanol–water partition coefficient (Wildman–Crippen LogP) is 6.82. The first-order chi connectivity index (χ1) is 11.5. The number of hydrogen-bond acceptors (Lipinski definition) is 2. The molecule has 3 heteroatoms. The topological polar surface area (TPSA) is 18.5 Å². The number of rotatable bonds is 8. The molecule has 1 aliphatic rings. The van der Waals surface area contributed by atoms with Crippen molar-refractivity contribution in [3.05, 3.63) is 11.6 Å². The Labute approximate surface area is 158 Å². The molecule has 25 heavy (non-hydrogen) atoms. The van der Waals surface area contributed by atoms with Crippen molar-refractivity contribution in [3.8, 4) is 0 Å². The molecule has 0 amide bonds. The highest BCUT2D eigenvalue weighted by atomic mass is 28.4. The molecule has 1 fully saturated rings. The standard InChI is InChI=1S/C22H44O2Si/c1-17(2)12-10-13-18(3)21-19(14-11-15-20(21)23-7)16-24-25(8,9)22(4,5)6/h13,17,19-21H,10-12,14-16H2,1-9H3. The van der Waals surface area contributed by atoms with Crippen LogP contribution in [0, 0.1) is 17.8 Å². The summed E-state index contributed by atoms with van der Waals surface area (Å²) in [5.74, 6) is 1.89. The van der Waals surface area contributed by atoms with Gasteiger partial charge in [-0.3, -0.25) is 0 Å². The van der Waals surface area contributed by atoms with Crippen LogP contribution in [-0.4, -0.2) is 28.1 Å². The summed E-state index contributed by atoms with van der Waals surface area (Å²) >= 11 is 0. The van der Waals surface area contributed by atoms with Gasteiger partial charge in [0.05, 0.1) is 6.10 Å². The van der Waals surface area contributed by atoms with Gasteiger partial charge < -0.3 is 9.16 Å². The highest BCUT2D eigenvalue weighted by Crippen LogP contribution is 2.41. The van der Waals surface area contributed by atoms with Crippen molar-refractivity contribution in [1.29, 1.82) is 0 Å². The van der Waals surface area contributed by atoms with Gasteiger partial charge in [0.25, 0.3) is 0 Å². The zero-order valence-corrected chi connectivity index (χ0v) is 19.4. The van der Waals surface area contributed by atoms with E-state index in [4.69, 9.17) is 9.16 Å². The molecule has 2 nitrogen and oxygen atoms in total. The van der Waals surface area contributed by atoms with Crippen LogP contribution in [0.25, 0.3) is 0 Å². The second-order valence-electron chi connectivity index (χ2n) is 9.98. The molecule has 1 aliphatic carbocycles. The quantitative estimate of drug-likeness (QED) is 0.345. The predicted molar refractivity (Wildman–Crippen MR) is 113 cm³/mol. The van der Waals surface area contributed by atoms with Gasteiger partial charge in [0.15, 0.2) is 8.32 Å². The van der Waals surface area contributed by atoms with Crippen molar-refractivity contribution in [1.82, 2.24) is 0 Å². The molecular formula is C22H44O2Si. The Kier molecular flexibility index (Phi) is 8.90. The van der Waals surface area contributed by atoms with E-state index in [0.717, 1.165) is 12.5 Å². The maximum atomic E-state index is 6.61. The third-order valence-electron chi connectivity index (χ3n) is 6.48. The fourth-order valence-electron chi connectivity index (χ4n) is 3.67. The molecule has 0 radical (unpaired) electrons. The molecule has 0 aromatic rings. The lowest BCUT2D eigenvalue weighted by Gasteiger charge is -2.42. The lowest BCUT2D eigenvalue weighted by molar-refractivity contribution is -0.00229. The maximum Gasteiger partial charge on any atom is 0.191 e. The number of methoxy groups -OCH3 is 1. The van der Waals surface area contributed by atoms with Gasteiger partial charge in [-0.1, -0.05) is 52.7 Å². The number of allylic oxidation sites excluding steroid dienone is 1. The average molecular weight is 369 g/mol. The molecule has 3 unspecified atom stereocenters. The van der Waals surface area contributed by atoms with E-state index in [1.807, 2.05) is 7.11 Å². The zero-order valence-electron chi connectivity index (χ0n) is 18.4. The summed E-state index contributed by atoms with van der Waals surface area (Å²) in [6.45, 7) is 19.5. The second-order valence-corrected chi connectivity index (χ2v) is 14.8. The van der Waals surface area contributed by atoms with E-state index in [9.17, 15) is 0 Å². The number of ether oxygens (including phenoxy) is 1. The monoisotopic (exact) mass is 368 g/mol. The second kappa shape index (κ2) is 9.71. The van der Waals surface area contributed by atoms with Crippen LogP contribution in [0.4, 0.5) is 0 Å². The molecule has 148 valence electrons. The first kappa shape index (κ1) is 22.9. The summed E-state index contributed by atoms with van der Waals surface area (Å²) in [4.78, 5) is 0. The fourth-order valence-corrected chi connectivity index (χ4v) is 4.74. The van der Waals surface area contributed by atoms with Gasteiger partial charge >= 0.3 is 0 Å². The first-order valence-electron chi connectivity index (χ1n) is 10.3. The molecule has 0 aromatic carbocycles. The van der Waals surface area contributed by atoms with Crippen molar-refractivity contribution in [2.45, 2.75) is 97.9 Å².